The second-order valence-corrected chi connectivity index (χ2v) is 5.99. The molecule has 0 spiro atoms. The van der Waals surface area contributed by atoms with Crippen LogP contribution < -0.4 is 16.0 Å². The van der Waals surface area contributed by atoms with E-state index in [4.69, 9.17) is 10.8 Å². The van der Waals surface area contributed by atoms with Crippen molar-refractivity contribution in [2.75, 3.05) is 36.5 Å². The zero-order chi connectivity index (χ0) is 18.0. The Morgan fingerprint density at radius 2 is 1.96 bits per heavy atom. The summed E-state index contributed by atoms with van der Waals surface area (Å²) >= 11 is 0. The molecule has 1 aromatic carbocycles. The van der Waals surface area contributed by atoms with Gasteiger partial charge in [-0.2, -0.15) is 0 Å². The number of hydrogen-bond donors (Lipinski definition) is 3. The van der Waals surface area contributed by atoms with E-state index >= 15 is 0 Å². The van der Waals surface area contributed by atoms with Gasteiger partial charge in [0, 0.05) is 24.9 Å². The van der Waals surface area contributed by atoms with Crippen LogP contribution in [0, 0.1) is 0 Å². The van der Waals surface area contributed by atoms with E-state index in [0.29, 0.717) is 11.3 Å². The lowest BCUT2D eigenvalue weighted by Crippen LogP contribution is -2.34. The first-order chi connectivity index (χ1) is 12.0. The molecule has 25 heavy (non-hydrogen) atoms. The van der Waals surface area contributed by atoms with E-state index in [1.165, 1.54) is 6.08 Å². The van der Waals surface area contributed by atoms with Crippen LogP contribution in [0.2, 0.25) is 0 Å². The van der Waals surface area contributed by atoms with Gasteiger partial charge in [0.25, 0.3) is 17.7 Å². The van der Waals surface area contributed by atoms with Gasteiger partial charge in [-0.15, -0.1) is 0 Å². The first-order valence-corrected chi connectivity index (χ1v) is 8.15. The van der Waals surface area contributed by atoms with Gasteiger partial charge in [0.05, 0.1) is 24.4 Å². The van der Waals surface area contributed by atoms with Crippen molar-refractivity contribution >= 4 is 29.1 Å². The van der Waals surface area contributed by atoms with E-state index in [2.05, 4.69) is 10.2 Å². The Kier molecular flexibility index (Phi) is 4.71. The summed E-state index contributed by atoms with van der Waals surface area (Å²) in [6.07, 6.45) is 3.30. The number of nitrogens with zero attached hydrogens (tertiary/aromatic N) is 2. The monoisotopic (exact) mass is 344 g/mol. The van der Waals surface area contributed by atoms with Crippen molar-refractivity contribution in [2.45, 2.75) is 12.8 Å². The Balaban J connectivity index is 1.85. The lowest BCUT2D eigenvalue weighted by molar-refractivity contribution is -0.137. The molecule has 0 aromatic heterocycles. The highest BCUT2D eigenvalue weighted by Gasteiger charge is 2.30. The van der Waals surface area contributed by atoms with Gasteiger partial charge < -0.3 is 21.1 Å². The topological polar surface area (TPSA) is 116 Å². The van der Waals surface area contributed by atoms with Crippen LogP contribution >= 0.6 is 0 Å². The normalized spacial score (nSPS) is 17.2. The van der Waals surface area contributed by atoms with E-state index in [1.54, 1.807) is 18.2 Å². The van der Waals surface area contributed by atoms with Crippen LogP contribution in [0.25, 0.3) is 0 Å². The summed E-state index contributed by atoms with van der Waals surface area (Å²) in [6.45, 7) is 1.35. The van der Waals surface area contributed by atoms with E-state index in [-0.39, 0.29) is 18.8 Å². The summed E-state index contributed by atoms with van der Waals surface area (Å²) in [5.74, 6) is -1.45. The molecule has 1 aromatic rings. The van der Waals surface area contributed by atoms with Gasteiger partial charge in [-0.1, -0.05) is 0 Å². The van der Waals surface area contributed by atoms with Crippen LogP contribution in [0.15, 0.2) is 30.0 Å². The van der Waals surface area contributed by atoms with Crippen LogP contribution in [0.5, 0.6) is 0 Å². The Bertz CT molecular complexity index is 753. The van der Waals surface area contributed by atoms with E-state index in [9.17, 15) is 14.4 Å². The van der Waals surface area contributed by atoms with E-state index in [0.717, 1.165) is 36.5 Å². The molecule has 0 saturated carbocycles. The molecule has 1 saturated heterocycles. The third-order valence-electron chi connectivity index (χ3n) is 4.32. The maximum atomic E-state index is 12.2. The second kappa shape index (κ2) is 6.94. The molecule has 1 fully saturated rings. The van der Waals surface area contributed by atoms with Crippen LogP contribution in [0.3, 0.4) is 0 Å². The molecule has 2 heterocycles. The smallest absolute Gasteiger partial charge is 0.277 e. The third kappa shape index (κ3) is 3.34. The van der Waals surface area contributed by atoms with Crippen LogP contribution in [0.4, 0.5) is 11.4 Å². The molecule has 8 nitrogen and oxygen atoms in total. The highest BCUT2D eigenvalue weighted by Crippen LogP contribution is 2.29. The highest BCUT2D eigenvalue weighted by atomic mass is 16.3. The number of rotatable bonds is 6. The number of carbonyl (C=O) groups excluding carboxylic acids is 3. The summed E-state index contributed by atoms with van der Waals surface area (Å²) < 4.78 is 0. The van der Waals surface area contributed by atoms with Gasteiger partial charge in [-0.05, 0) is 31.0 Å². The zero-order valence-electron chi connectivity index (χ0n) is 13.7. The summed E-state index contributed by atoms with van der Waals surface area (Å²) in [5.41, 5.74) is 7.34. The van der Waals surface area contributed by atoms with Crippen molar-refractivity contribution in [2.24, 2.45) is 5.73 Å². The minimum atomic E-state index is -0.506. The molecule has 0 radical (unpaired) electrons. The molecular formula is C17H20N4O4. The number of hydrogen-bond acceptors (Lipinski definition) is 6. The molecule has 0 atom stereocenters. The van der Waals surface area contributed by atoms with Crippen molar-refractivity contribution in [3.8, 4) is 0 Å². The number of primary amides is 1. The predicted molar refractivity (Wildman–Crippen MR) is 91.9 cm³/mol. The second-order valence-electron chi connectivity index (χ2n) is 5.99. The van der Waals surface area contributed by atoms with Gasteiger partial charge in [-0.25, -0.2) is 0 Å². The largest absolute Gasteiger partial charge is 0.395 e. The maximum absolute atomic E-state index is 12.2. The molecule has 2 aliphatic heterocycles. The number of benzene rings is 1. The predicted octanol–water partition coefficient (Wildman–Crippen LogP) is 0.0426. The van der Waals surface area contributed by atoms with Crippen molar-refractivity contribution in [1.82, 2.24) is 4.90 Å². The fourth-order valence-electron chi connectivity index (χ4n) is 3.10. The van der Waals surface area contributed by atoms with Gasteiger partial charge in [0.2, 0.25) is 0 Å². The molecule has 0 aliphatic carbocycles. The van der Waals surface area contributed by atoms with Gasteiger partial charge in [0.15, 0.2) is 0 Å². The molecule has 0 unspecified atom stereocenters. The molecule has 2 aliphatic rings. The van der Waals surface area contributed by atoms with Gasteiger partial charge >= 0.3 is 0 Å². The minimum absolute atomic E-state index is 0.0427. The number of aliphatic hydroxyl groups excluding tert-OH is 1. The number of aliphatic hydroxyl groups is 1. The van der Waals surface area contributed by atoms with Gasteiger partial charge in [0.1, 0.15) is 5.70 Å². The number of β-amino-alcohol motifs (C(OH)–C–C–N with tert-alkyl or cyclic N) is 1. The summed E-state index contributed by atoms with van der Waals surface area (Å²) in [7, 11) is 0. The lowest BCUT2D eigenvalue weighted by Gasteiger charge is -2.21. The number of amides is 3. The number of nitrogens with one attached hydrogen (secondary N) is 1. The standard InChI is InChI=1S/C17H20N4O4/c18-16(24)12-4-3-11(9-14(12)20-5-1-2-6-20)19-13-10-15(23)21(7-8-22)17(13)25/h3-4,9-10,19,22H,1-2,5-8H2,(H2,18,24). The minimum Gasteiger partial charge on any atom is -0.395 e. The third-order valence-corrected chi connectivity index (χ3v) is 4.32. The number of nitrogens with two attached hydrogens (primary N) is 1. The van der Waals surface area contributed by atoms with Crippen molar-refractivity contribution in [1.29, 1.82) is 0 Å². The fourth-order valence-corrected chi connectivity index (χ4v) is 3.10. The van der Waals surface area contributed by atoms with E-state index in [1.807, 2.05) is 0 Å². The van der Waals surface area contributed by atoms with Crippen LogP contribution in [-0.2, 0) is 9.59 Å². The molecule has 3 amide bonds. The first kappa shape index (κ1) is 17.0. The molecule has 4 N–H and O–H groups in total. The number of anilines is 2. The Hall–Kier alpha value is -2.87. The maximum Gasteiger partial charge on any atom is 0.277 e. The lowest BCUT2D eigenvalue weighted by atomic mass is 10.1. The highest BCUT2D eigenvalue weighted by molar-refractivity contribution is 6.17. The molecule has 132 valence electrons. The molecule has 0 bridgehead atoms. The van der Waals surface area contributed by atoms with Crippen molar-refractivity contribution < 1.29 is 19.5 Å². The van der Waals surface area contributed by atoms with E-state index < -0.39 is 17.7 Å². The first-order valence-electron chi connectivity index (χ1n) is 8.15. The molecular weight excluding hydrogens is 324 g/mol. The molecule has 3 rings (SSSR count). The SMILES string of the molecule is NC(=O)c1ccc(NC2=CC(=O)N(CCO)C2=O)cc1N1CCCC1. The Labute approximate surface area is 144 Å². The average Bonchev–Trinajstić information content (AvgIpc) is 3.20. The van der Waals surface area contributed by atoms with Crippen molar-refractivity contribution in [3.63, 3.8) is 0 Å². The van der Waals surface area contributed by atoms with Crippen molar-refractivity contribution in [3.05, 3.63) is 35.5 Å². The number of carbonyl (C=O) groups is 3. The summed E-state index contributed by atoms with van der Waals surface area (Å²) in [6, 6.07) is 5.03. The summed E-state index contributed by atoms with van der Waals surface area (Å²) in [4.78, 5) is 38.7. The number of imide groups is 1. The Morgan fingerprint density at radius 3 is 2.60 bits per heavy atom. The zero-order valence-corrected chi connectivity index (χ0v) is 13.7. The average molecular weight is 344 g/mol. The van der Waals surface area contributed by atoms with Crippen LogP contribution in [-0.4, -0.2) is 54.0 Å². The quantitative estimate of drug-likeness (QED) is 0.628. The summed E-state index contributed by atoms with van der Waals surface area (Å²) in [5, 5.41) is 11.9. The fraction of sp³-hybridized carbons (Fsp3) is 0.353. The Morgan fingerprint density at radius 1 is 1.24 bits per heavy atom. The van der Waals surface area contributed by atoms with Gasteiger partial charge in [-0.3, -0.25) is 19.3 Å². The van der Waals surface area contributed by atoms with Crippen LogP contribution in [0.1, 0.15) is 23.2 Å². The molecule has 8 heteroatoms.